The largest absolute Gasteiger partial charge is 0.481 e. The lowest BCUT2D eigenvalue weighted by Gasteiger charge is -2.18. The molecule has 0 saturated heterocycles. The van der Waals surface area contributed by atoms with E-state index in [4.69, 9.17) is 5.11 Å². The Morgan fingerprint density at radius 1 is 1.32 bits per heavy atom. The van der Waals surface area contributed by atoms with Gasteiger partial charge >= 0.3 is 5.97 Å². The van der Waals surface area contributed by atoms with E-state index in [9.17, 15) is 19.8 Å². The second-order valence-electron chi connectivity index (χ2n) is 4.26. The average Bonchev–Trinajstić information content (AvgIpc) is 2.34. The summed E-state index contributed by atoms with van der Waals surface area (Å²) in [6, 6.07) is 6.36. The van der Waals surface area contributed by atoms with Crippen molar-refractivity contribution in [2.45, 2.75) is 25.6 Å². The summed E-state index contributed by atoms with van der Waals surface area (Å²) < 4.78 is 0. The van der Waals surface area contributed by atoms with Crippen LogP contribution >= 0.6 is 0 Å². The smallest absolute Gasteiger partial charge is 0.307 e. The topological polar surface area (TPSA) is 107 Å². The molecule has 0 aliphatic carbocycles. The van der Waals surface area contributed by atoms with Gasteiger partial charge in [0.05, 0.1) is 6.42 Å². The summed E-state index contributed by atoms with van der Waals surface area (Å²) in [5.41, 5.74) is 0.951. The lowest BCUT2D eigenvalue weighted by molar-refractivity contribution is -0.136. The fraction of sp³-hybridized carbons (Fsp3) is 0.385. The first-order valence-electron chi connectivity index (χ1n) is 5.81. The Kier molecular flexibility index (Phi) is 5.47. The van der Waals surface area contributed by atoms with Crippen LogP contribution in [0.2, 0.25) is 0 Å². The fourth-order valence-electron chi connectivity index (χ4n) is 1.64. The molecular weight excluding hydrogens is 250 g/mol. The molecule has 0 heterocycles. The van der Waals surface area contributed by atoms with Gasteiger partial charge in [0.2, 0.25) is 5.91 Å². The molecule has 0 spiro atoms. The summed E-state index contributed by atoms with van der Waals surface area (Å²) in [6.07, 6.45) is -2.48. The Labute approximate surface area is 110 Å². The molecule has 4 N–H and O–H groups in total. The van der Waals surface area contributed by atoms with Crippen molar-refractivity contribution in [3.8, 4) is 0 Å². The number of benzene rings is 1. The van der Waals surface area contributed by atoms with Crippen LogP contribution in [0.3, 0.4) is 0 Å². The Bertz CT molecular complexity index is 460. The molecule has 104 valence electrons. The van der Waals surface area contributed by atoms with Crippen molar-refractivity contribution >= 4 is 11.9 Å². The molecule has 6 heteroatoms. The van der Waals surface area contributed by atoms with Crippen molar-refractivity contribution in [2.24, 2.45) is 0 Å². The molecule has 0 aliphatic heterocycles. The molecule has 2 unspecified atom stereocenters. The van der Waals surface area contributed by atoms with Gasteiger partial charge in [0.25, 0.3) is 0 Å². The molecule has 0 aliphatic rings. The first-order chi connectivity index (χ1) is 8.90. The molecule has 2 atom stereocenters. The summed E-state index contributed by atoms with van der Waals surface area (Å²) in [4.78, 5) is 21.3. The number of nitrogens with one attached hydrogen (secondary N) is 1. The van der Waals surface area contributed by atoms with E-state index < -0.39 is 18.2 Å². The molecule has 1 aromatic carbocycles. The Balaban J connectivity index is 2.72. The maximum Gasteiger partial charge on any atom is 0.307 e. The Morgan fingerprint density at radius 3 is 2.58 bits per heavy atom. The highest BCUT2D eigenvalue weighted by atomic mass is 16.4. The highest BCUT2D eigenvalue weighted by Crippen LogP contribution is 2.18. The van der Waals surface area contributed by atoms with E-state index in [0.717, 1.165) is 0 Å². The lowest BCUT2D eigenvalue weighted by atomic mass is 10.0. The van der Waals surface area contributed by atoms with Crippen LogP contribution in [-0.2, 0) is 16.0 Å². The van der Waals surface area contributed by atoms with Crippen LogP contribution in [0.1, 0.15) is 24.2 Å². The fourth-order valence-corrected chi connectivity index (χ4v) is 1.64. The van der Waals surface area contributed by atoms with Crippen molar-refractivity contribution in [2.75, 3.05) is 6.54 Å². The summed E-state index contributed by atoms with van der Waals surface area (Å²) in [7, 11) is 0. The molecule has 19 heavy (non-hydrogen) atoms. The van der Waals surface area contributed by atoms with Gasteiger partial charge < -0.3 is 20.6 Å². The summed E-state index contributed by atoms with van der Waals surface area (Å²) in [5, 5.41) is 30.7. The van der Waals surface area contributed by atoms with Crippen LogP contribution in [0.25, 0.3) is 0 Å². The number of amides is 1. The van der Waals surface area contributed by atoms with Gasteiger partial charge in [-0.15, -0.1) is 0 Å². The van der Waals surface area contributed by atoms with E-state index >= 15 is 0 Å². The number of aliphatic hydroxyl groups is 2. The highest BCUT2D eigenvalue weighted by molar-refractivity contribution is 5.72. The van der Waals surface area contributed by atoms with E-state index in [-0.39, 0.29) is 18.9 Å². The molecule has 1 aromatic rings. The Hall–Kier alpha value is -1.92. The van der Waals surface area contributed by atoms with Gasteiger partial charge in [0.1, 0.15) is 12.2 Å². The first kappa shape index (κ1) is 15.1. The molecule has 0 fully saturated rings. The minimum Gasteiger partial charge on any atom is -0.481 e. The molecule has 6 nitrogen and oxygen atoms in total. The standard InChI is InChI=1S/C13H17NO5/c1-8(15)14-7-11(16)13(19)10-4-2-3-9(5-10)6-12(17)18/h2-5,11,13,16,19H,6-7H2,1H3,(H,14,15)(H,17,18). The van der Waals surface area contributed by atoms with E-state index in [0.29, 0.717) is 11.1 Å². The van der Waals surface area contributed by atoms with Gasteiger partial charge in [-0.3, -0.25) is 9.59 Å². The summed E-state index contributed by atoms with van der Waals surface area (Å²) in [6.45, 7) is 1.24. The number of rotatable bonds is 6. The van der Waals surface area contributed by atoms with Crippen molar-refractivity contribution in [1.82, 2.24) is 5.32 Å². The maximum atomic E-state index is 10.7. The van der Waals surface area contributed by atoms with Crippen LogP contribution in [-0.4, -0.2) is 39.8 Å². The van der Waals surface area contributed by atoms with Crippen molar-refractivity contribution in [1.29, 1.82) is 0 Å². The number of aliphatic carboxylic acids is 1. The number of hydrogen-bond acceptors (Lipinski definition) is 4. The summed E-state index contributed by atoms with van der Waals surface area (Å²) >= 11 is 0. The number of carbonyl (C=O) groups is 2. The second-order valence-corrected chi connectivity index (χ2v) is 4.26. The van der Waals surface area contributed by atoms with Gasteiger partial charge in [-0.1, -0.05) is 24.3 Å². The van der Waals surface area contributed by atoms with Crippen LogP contribution in [0.4, 0.5) is 0 Å². The van der Waals surface area contributed by atoms with Gasteiger partial charge in [0, 0.05) is 13.5 Å². The third kappa shape index (κ3) is 5.07. The molecule has 0 saturated carbocycles. The van der Waals surface area contributed by atoms with Crippen LogP contribution < -0.4 is 5.32 Å². The minimum atomic E-state index is -1.18. The van der Waals surface area contributed by atoms with Crippen LogP contribution in [0, 0.1) is 0 Å². The van der Waals surface area contributed by atoms with Gasteiger partial charge in [-0.25, -0.2) is 0 Å². The Morgan fingerprint density at radius 2 is 2.00 bits per heavy atom. The van der Waals surface area contributed by atoms with Crippen LogP contribution in [0.5, 0.6) is 0 Å². The van der Waals surface area contributed by atoms with E-state index in [1.807, 2.05) is 0 Å². The predicted molar refractivity (Wildman–Crippen MR) is 67.4 cm³/mol. The van der Waals surface area contributed by atoms with Crippen molar-refractivity contribution < 1.29 is 24.9 Å². The van der Waals surface area contributed by atoms with E-state index in [1.54, 1.807) is 18.2 Å². The zero-order valence-electron chi connectivity index (χ0n) is 10.5. The highest BCUT2D eigenvalue weighted by Gasteiger charge is 2.19. The summed E-state index contributed by atoms with van der Waals surface area (Å²) in [5.74, 6) is -1.27. The molecule has 0 radical (unpaired) electrons. The zero-order valence-corrected chi connectivity index (χ0v) is 10.5. The number of aliphatic hydroxyl groups excluding tert-OH is 2. The molecular formula is C13H17NO5. The lowest BCUT2D eigenvalue weighted by Crippen LogP contribution is -2.34. The van der Waals surface area contributed by atoms with Crippen molar-refractivity contribution in [3.63, 3.8) is 0 Å². The first-order valence-corrected chi connectivity index (χ1v) is 5.81. The third-order valence-electron chi connectivity index (χ3n) is 2.57. The minimum absolute atomic E-state index is 0.0698. The second kappa shape index (κ2) is 6.86. The van der Waals surface area contributed by atoms with Crippen LogP contribution in [0.15, 0.2) is 24.3 Å². The van der Waals surface area contributed by atoms with Gasteiger partial charge in [-0.2, -0.15) is 0 Å². The van der Waals surface area contributed by atoms with E-state index in [2.05, 4.69) is 5.32 Å². The quantitative estimate of drug-likeness (QED) is 0.573. The molecule has 0 aromatic heterocycles. The maximum absolute atomic E-state index is 10.7. The van der Waals surface area contributed by atoms with E-state index in [1.165, 1.54) is 13.0 Å². The SMILES string of the molecule is CC(=O)NCC(O)C(O)c1cccc(CC(=O)O)c1. The molecule has 1 rings (SSSR count). The normalized spacial score (nSPS) is 13.6. The number of carboxylic acid groups (broad SMARTS) is 1. The predicted octanol–water partition coefficient (Wildman–Crippen LogP) is -0.156. The zero-order chi connectivity index (χ0) is 14.4. The number of hydrogen-bond donors (Lipinski definition) is 4. The van der Waals surface area contributed by atoms with Crippen molar-refractivity contribution in [3.05, 3.63) is 35.4 Å². The number of carbonyl (C=O) groups excluding carboxylic acids is 1. The average molecular weight is 267 g/mol. The number of carboxylic acids is 1. The monoisotopic (exact) mass is 267 g/mol. The van der Waals surface area contributed by atoms with Gasteiger partial charge in [-0.05, 0) is 11.1 Å². The molecule has 1 amide bonds. The van der Waals surface area contributed by atoms with Gasteiger partial charge in [0.15, 0.2) is 0 Å². The molecule has 0 bridgehead atoms. The third-order valence-corrected chi connectivity index (χ3v) is 2.57.